The van der Waals surface area contributed by atoms with Gasteiger partial charge in [0.1, 0.15) is 12.2 Å². The van der Waals surface area contributed by atoms with E-state index in [0.29, 0.717) is 12.0 Å². The van der Waals surface area contributed by atoms with Gasteiger partial charge < -0.3 is 9.88 Å². The lowest BCUT2D eigenvalue weighted by molar-refractivity contribution is 0.407. The first-order chi connectivity index (χ1) is 8.72. The third-order valence-electron chi connectivity index (χ3n) is 3.03. The highest BCUT2D eigenvalue weighted by Gasteiger charge is 2.17. The Morgan fingerprint density at radius 3 is 2.89 bits per heavy atom. The van der Waals surface area contributed by atoms with Crippen molar-refractivity contribution in [1.29, 1.82) is 0 Å². The minimum absolute atomic E-state index is 0.381. The highest BCUT2D eigenvalue weighted by Crippen LogP contribution is 2.25. The van der Waals surface area contributed by atoms with E-state index in [1.165, 1.54) is 4.88 Å². The fourth-order valence-corrected chi connectivity index (χ4v) is 2.99. The van der Waals surface area contributed by atoms with Gasteiger partial charge in [0, 0.05) is 17.5 Å². The quantitative estimate of drug-likeness (QED) is 0.872. The number of thiophene rings is 1. The lowest BCUT2D eigenvalue weighted by Gasteiger charge is -2.21. The average Bonchev–Trinajstić information content (AvgIpc) is 2.99. The molecule has 18 heavy (non-hydrogen) atoms. The zero-order valence-electron chi connectivity index (χ0n) is 11.1. The van der Waals surface area contributed by atoms with Crippen LogP contribution in [0.2, 0.25) is 0 Å². The molecule has 4 nitrogen and oxygen atoms in total. The van der Waals surface area contributed by atoms with E-state index < -0.39 is 0 Å². The molecule has 2 aromatic heterocycles. The maximum absolute atomic E-state index is 4.15. The van der Waals surface area contributed by atoms with Gasteiger partial charge in [-0.3, -0.25) is 0 Å². The zero-order valence-corrected chi connectivity index (χ0v) is 11.9. The summed E-state index contributed by atoms with van der Waals surface area (Å²) in [5.41, 5.74) is 0. The summed E-state index contributed by atoms with van der Waals surface area (Å²) in [7, 11) is 0. The molecule has 98 valence electrons. The molecule has 1 unspecified atom stereocenters. The number of hydrogen-bond donors (Lipinski definition) is 1. The molecular formula is C13H20N4S. The first-order valence-corrected chi connectivity index (χ1v) is 7.23. The van der Waals surface area contributed by atoms with Gasteiger partial charge in [-0.2, -0.15) is 0 Å². The van der Waals surface area contributed by atoms with E-state index >= 15 is 0 Å². The molecule has 0 aromatic carbocycles. The van der Waals surface area contributed by atoms with Crippen molar-refractivity contribution in [3.05, 3.63) is 34.5 Å². The van der Waals surface area contributed by atoms with Gasteiger partial charge >= 0.3 is 0 Å². The Balaban J connectivity index is 2.03. The van der Waals surface area contributed by atoms with E-state index in [1.54, 1.807) is 17.7 Å². The molecule has 0 bridgehead atoms. The monoisotopic (exact) mass is 264 g/mol. The number of aryl methyl sites for hydroxylation is 1. The van der Waals surface area contributed by atoms with Crippen LogP contribution >= 0.6 is 11.3 Å². The Morgan fingerprint density at radius 2 is 2.28 bits per heavy atom. The fraction of sp³-hybridized carbons (Fsp3) is 0.538. The van der Waals surface area contributed by atoms with E-state index in [1.807, 2.05) is 0 Å². The molecule has 0 aliphatic rings. The van der Waals surface area contributed by atoms with Crippen molar-refractivity contribution < 1.29 is 0 Å². The molecule has 0 aliphatic heterocycles. The number of nitrogens with zero attached hydrogens (tertiary/aromatic N) is 3. The predicted molar refractivity (Wildman–Crippen MR) is 74.4 cm³/mol. The summed E-state index contributed by atoms with van der Waals surface area (Å²) in [4.78, 5) is 1.38. The first-order valence-electron chi connectivity index (χ1n) is 6.35. The minimum atomic E-state index is 0.381. The molecular weight excluding hydrogens is 244 g/mol. The molecule has 2 heterocycles. The van der Waals surface area contributed by atoms with Crippen molar-refractivity contribution in [3.63, 3.8) is 0 Å². The normalized spacial score (nSPS) is 13.1. The second kappa shape index (κ2) is 6.11. The van der Waals surface area contributed by atoms with Gasteiger partial charge in [-0.05, 0) is 24.3 Å². The first kappa shape index (κ1) is 13.2. The third kappa shape index (κ3) is 2.97. The SMILES string of the molecule is CCn1cnnc1CNC(c1cccs1)C(C)C. The summed E-state index contributed by atoms with van der Waals surface area (Å²) in [5.74, 6) is 1.56. The maximum atomic E-state index is 4.15. The van der Waals surface area contributed by atoms with Crippen LogP contribution in [0.1, 0.15) is 37.5 Å². The standard InChI is InChI=1S/C13H20N4S/c1-4-17-9-15-16-12(17)8-14-13(10(2)3)11-6-5-7-18-11/h5-7,9-10,13-14H,4,8H2,1-3H3. The summed E-state index contributed by atoms with van der Waals surface area (Å²) in [5, 5.41) is 13.8. The van der Waals surface area contributed by atoms with Crippen molar-refractivity contribution >= 4 is 11.3 Å². The second-order valence-electron chi connectivity index (χ2n) is 4.65. The Labute approximate surface area is 112 Å². The minimum Gasteiger partial charge on any atom is -0.317 e. The Morgan fingerprint density at radius 1 is 1.44 bits per heavy atom. The highest BCUT2D eigenvalue weighted by molar-refractivity contribution is 7.10. The zero-order chi connectivity index (χ0) is 13.0. The molecule has 5 heteroatoms. The summed E-state index contributed by atoms with van der Waals surface area (Å²) >= 11 is 1.80. The van der Waals surface area contributed by atoms with Crippen LogP contribution in [0.25, 0.3) is 0 Å². The molecule has 0 aliphatic carbocycles. The Hall–Kier alpha value is -1.20. The van der Waals surface area contributed by atoms with Crippen molar-refractivity contribution in [2.45, 2.75) is 39.9 Å². The largest absolute Gasteiger partial charge is 0.317 e. The summed E-state index contributed by atoms with van der Waals surface area (Å²) < 4.78 is 2.07. The molecule has 2 rings (SSSR count). The highest BCUT2D eigenvalue weighted by atomic mass is 32.1. The molecule has 0 saturated carbocycles. The smallest absolute Gasteiger partial charge is 0.146 e. The van der Waals surface area contributed by atoms with E-state index in [4.69, 9.17) is 0 Å². The molecule has 0 radical (unpaired) electrons. The van der Waals surface area contributed by atoms with E-state index in [2.05, 4.69) is 58.4 Å². The molecule has 1 N–H and O–H groups in total. The summed E-state index contributed by atoms with van der Waals surface area (Å²) in [6.45, 7) is 8.25. The van der Waals surface area contributed by atoms with Gasteiger partial charge in [-0.15, -0.1) is 21.5 Å². The Bertz CT molecular complexity index is 461. The van der Waals surface area contributed by atoms with Crippen LogP contribution in [0, 0.1) is 5.92 Å². The van der Waals surface area contributed by atoms with Gasteiger partial charge in [-0.1, -0.05) is 19.9 Å². The van der Waals surface area contributed by atoms with Crippen molar-refractivity contribution in [2.75, 3.05) is 0 Å². The van der Waals surface area contributed by atoms with Crippen molar-refractivity contribution in [2.24, 2.45) is 5.92 Å². The van der Waals surface area contributed by atoms with Gasteiger partial charge in [-0.25, -0.2) is 0 Å². The molecule has 0 amide bonds. The number of rotatable bonds is 6. The maximum Gasteiger partial charge on any atom is 0.146 e. The number of aromatic nitrogens is 3. The Kier molecular flexibility index (Phi) is 4.49. The van der Waals surface area contributed by atoms with Gasteiger partial charge in [0.2, 0.25) is 0 Å². The van der Waals surface area contributed by atoms with Crippen LogP contribution < -0.4 is 5.32 Å². The van der Waals surface area contributed by atoms with Crippen LogP contribution in [0.4, 0.5) is 0 Å². The van der Waals surface area contributed by atoms with Crippen LogP contribution in [0.15, 0.2) is 23.8 Å². The lowest BCUT2D eigenvalue weighted by atomic mass is 10.0. The second-order valence-corrected chi connectivity index (χ2v) is 5.63. The van der Waals surface area contributed by atoms with E-state index in [9.17, 15) is 0 Å². The van der Waals surface area contributed by atoms with Crippen LogP contribution in [0.5, 0.6) is 0 Å². The van der Waals surface area contributed by atoms with Crippen LogP contribution in [0.3, 0.4) is 0 Å². The van der Waals surface area contributed by atoms with E-state index in [0.717, 1.165) is 18.9 Å². The number of hydrogen-bond acceptors (Lipinski definition) is 4. The molecule has 0 fully saturated rings. The van der Waals surface area contributed by atoms with Gasteiger partial charge in [0.15, 0.2) is 0 Å². The van der Waals surface area contributed by atoms with Crippen molar-refractivity contribution in [3.8, 4) is 0 Å². The fourth-order valence-electron chi connectivity index (χ4n) is 2.01. The summed E-state index contributed by atoms with van der Waals surface area (Å²) in [6.07, 6.45) is 1.78. The van der Waals surface area contributed by atoms with Crippen LogP contribution in [-0.2, 0) is 13.1 Å². The average molecular weight is 264 g/mol. The van der Waals surface area contributed by atoms with Gasteiger partial charge in [0.05, 0.1) is 6.54 Å². The lowest BCUT2D eigenvalue weighted by Crippen LogP contribution is -2.26. The molecule has 2 aromatic rings. The summed E-state index contributed by atoms with van der Waals surface area (Å²) in [6, 6.07) is 4.67. The van der Waals surface area contributed by atoms with Gasteiger partial charge in [0.25, 0.3) is 0 Å². The number of nitrogens with one attached hydrogen (secondary N) is 1. The van der Waals surface area contributed by atoms with Crippen LogP contribution in [-0.4, -0.2) is 14.8 Å². The molecule has 0 saturated heterocycles. The van der Waals surface area contributed by atoms with E-state index in [-0.39, 0.29) is 0 Å². The molecule has 0 spiro atoms. The predicted octanol–water partition coefficient (Wildman–Crippen LogP) is 2.85. The molecule has 1 atom stereocenters. The van der Waals surface area contributed by atoms with Crippen molar-refractivity contribution in [1.82, 2.24) is 20.1 Å². The third-order valence-corrected chi connectivity index (χ3v) is 3.99. The topological polar surface area (TPSA) is 42.7 Å².